The Morgan fingerprint density at radius 2 is 1.76 bits per heavy atom. The molecule has 0 saturated carbocycles. The van der Waals surface area contributed by atoms with Gasteiger partial charge in [-0.15, -0.1) is 0 Å². The third-order valence-corrected chi connectivity index (χ3v) is 5.51. The molecule has 0 spiro atoms. The van der Waals surface area contributed by atoms with Crippen LogP contribution in [-0.4, -0.2) is 24.8 Å². The second-order valence-electron chi connectivity index (χ2n) is 5.35. The number of nitrogens with zero attached hydrogens (tertiary/aromatic N) is 2. The van der Waals surface area contributed by atoms with E-state index < -0.39 is 10.0 Å². The van der Waals surface area contributed by atoms with Crippen LogP contribution in [0.15, 0.2) is 41.6 Å². The van der Waals surface area contributed by atoms with Gasteiger partial charge in [-0.25, -0.2) is 8.42 Å². The lowest BCUT2D eigenvalue weighted by Gasteiger charge is -2.20. The summed E-state index contributed by atoms with van der Waals surface area (Å²) in [6.45, 7) is 5.95. The van der Waals surface area contributed by atoms with Gasteiger partial charge in [0.1, 0.15) is 0 Å². The van der Waals surface area contributed by atoms with Gasteiger partial charge in [0.05, 0.1) is 4.90 Å². The number of hydrogen-bond donors (Lipinski definition) is 0. The van der Waals surface area contributed by atoms with E-state index in [0.29, 0.717) is 11.4 Å². The van der Waals surface area contributed by atoms with Gasteiger partial charge < -0.3 is 0 Å². The summed E-state index contributed by atoms with van der Waals surface area (Å²) in [6, 6.07) is 7.47. The van der Waals surface area contributed by atoms with Gasteiger partial charge in [0.2, 0.25) is 10.0 Å². The molecule has 0 atom stereocenters. The van der Waals surface area contributed by atoms with E-state index in [0.717, 1.165) is 22.3 Å². The highest BCUT2D eigenvalue weighted by Crippen LogP contribution is 2.25. The first-order valence-electron chi connectivity index (χ1n) is 6.75. The summed E-state index contributed by atoms with van der Waals surface area (Å²) in [5.74, 6) is 0. The third-order valence-electron chi connectivity index (χ3n) is 3.40. The van der Waals surface area contributed by atoms with Crippen molar-refractivity contribution in [2.45, 2.75) is 32.2 Å². The maximum Gasteiger partial charge on any atom is 0.243 e. The van der Waals surface area contributed by atoms with E-state index in [4.69, 9.17) is 0 Å². The molecule has 2 rings (SSSR count). The minimum Gasteiger partial charge on any atom is -0.264 e. The zero-order valence-corrected chi connectivity index (χ0v) is 13.6. The molecular formula is C16H20N2O2S. The van der Waals surface area contributed by atoms with Gasteiger partial charge in [-0.1, -0.05) is 23.8 Å². The fraction of sp³-hybridized carbons (Fsp3) is 0.312. The number of sulfonamides is 1. The molecule has 0 N–H and O–H groups in total. The summed E-state index contributed by atoms with van der Waals surface area (Å²) in [5.41, 5.74) is 3.50. The van der Waals surface area contributed by atoms with Crippen LogP contribution in [0.1, 0.15) is 22.3 Å². The maximum absolute atomic E-state index is 12.8. The van der Waals surface area contributed by atoms with E-state index in [2.05, 4.69) is 4.98 Å². The Kier molecular flexibility index (Phi) is 4.44. The minimum absolute atomic E-state index is 0.308. The number of hydrogen-bond acceptors (Lipinski definition) is 3. The molecule has 1 aromatic carbocycles. The highest BCUT2D eigenvalue weighted by atomic mass is 32.2. The van der Waals surface area contributed by atoms with Crippen molar-refractivity contribution >= 4 is 10.0 Å². The molecule has 0 bridgehead atoms. The Labute approximate surface area is 126 Å². The second kappa shape index (κ2) is 5.95. The van der Waals surface area contributed by atoms with Crippen molar-refractivity contribution in [2.75, 3.05) is 7.05 Å². The van der Waals surface area contributed by atoms with E-state index in [-0.39, 0.29) is 0 Å². The molecule has 0 radical (unpaired) electrons. The third kappa shape index (κ3) is 3.31. The minimum atomic E-state index is -3.51. The molecule has 1 aromatic heterocycles. The molecule has 4 nitrogen and oxygen atoms in total. The van der Waals surface area contributed by atoms with E-state index in [1.807, 2.05) is 39.0 Å². The van der Waals surface area contributed by atoms with Crippen LogP contribution in [0, 0.1) is 20.8 Å². The quantitative estimate of drug-likeness (QED) is 0.872. The number of aromatic nitrogens is 1. The monoisotopic (exact) mass is 304 g/mol. The highest BCUT2D eigenvalue weighted by molar-refractivity contribution is 7.89. The van der Waals surface area contributed by atoms with Crippen LogP contribution in [0.2, 0.25) is 0 Å². The molecule has 2 aromatic rings. The molecule has 0 aliphatic carbocycles. The second-order valence-corrected chi connectivity index (χ2v) is 7.33. The van der Waals surface area contributed by atoms with Crippen molar-refractivity contribution in [2.24, 2.45) is 0 Å². The Balaban J connectivity index is 2.38. The fourth-order valence-corrected chi connectivity index (χ4v) is 4.13. The van der Waals surface area contributed by atoms with Crippen molar-refractivity contribution in [1.29, 1.82) is 0 Å². The molecule has 0 aliphatic rings. The van der Waals surface area contributed by atoms with Gasteiger partial charge >= 0.3 is 0 Å². The number of pyridine rings is 1. The van der Waals surface area contributed by atoms with Crippen molar-refractivity contribution in [3.05, 3.63) is 58.9 Å². The molecule has 0 saturated heterocycles. The van der Waals surface area contributed by atoms with Crippen molar-refractivity contribution in [3.8, 4) is 0 Å². The van der Waals surface area contributed by atoms with E-state index in [1.54, 1.807) is 25.5 Å². The molecule has 0 fully saturated rings. The summed E-state index contributed by atoms with van der Waals surface area (Å²) in [4.78, 5) is 4.42. The van der Waals surface area contributed by atoms with Crippen LogP contribution in [0.25, 0.3) is 0 Å². The lowest BCUT2D eigenvalue weighted by molar-refractivity contribution is 0.465. The highest BCUT2D eigenvalue weighted by Gasteiger charge is 2.25. The summed E-state index contributed by atoms with van der Waals surface area (Å²) in [5, 5.41) is 0. The van der Waals surface area contributed by atoms with Crippen molar-refractivity contribution in [3.63, 3.8) is 0 Å². The summed E-state index contributed by atoms with van der Waals surface area (Å²) in [6.07, 6.45) is 3.35. The summed E-state index contributed by atoms with van der Waals surface area (Å²) in [7, 11) is -1.91. The lowest BCUT2D eigenvalue weighted by atomic mass is 10.1. The van der Waals surface area contributed by atoms with Crippen molar-refractivity contribution < 1.29 is 8.42 Å². The van der Waals surface area contributed by atoms with Gasteiger partial charge in [-0.2, -0.15) is 4.31 Å². The van der Waals surface area contributed by atoms with Crippen LogP contribution in [0.3, 0.4) is 0 Å². The van der Waals surface area contributed by atoms with Crippen LogP contribution < -0.4 is 0 Å². The smallest absolute Gasteiger partial charge is 0.243 e. The maximum atomic E-state index is 12.8. The predicted molar refractivity (Wildman–Crippen MR) is 83.5 cm³/mol. The molecule has 1 heterocycles. The first-order valence-corrected chi connectivity index (χ1v) is 8.19. The molecule has 0 aliphatic heterocycles. The Morgan fingerprint density at radius 1 is 1.14 bits per heavy atom. The molecule has 5 heteroatoms. The van der Waals surface area contributed by atoms with E-state index >= 15 is 0 Å². The van der Waals surface area contributed by atoms with Gasteiger partial charge in [0.15, 0.2) is 0 Å². The van der Waals surface area contributed by atoms with Gasteiger partial charge in [0, 0.05) is 26.0 Å². The topological polar surface area (TPSA) is 50.3 Å². The summed E-state index contributed by atoms with van der Waals surface area (Å²) < 4.78 is 27.0. The largest absolute Gasteiger partial charge is 0.264 e. The zero-order chi connectivity index (χ0) is 15.6. The van der Waals surface area contributed by atoms with Gasteiger partial charge in [-0.05, 0) is 43.5 Å². The Morgan fingerprint density at radius 3 is 2.29 bits per heavy atom. The predicted octanol–water partition coefficient (Wildman–Crippen LogP) is 2.83. The Hall–Kier alpha value is -1.72. The SMILES string of the molecule is Cc1cc(C)c(S(=O)(=O)N(C)Cc2cccnc2)c(C)c1. The zero-order valence-electron chi connectivity index (χ0n) is 12.8. The van der Waals surface area contributed by atoms with E-state index in [1.165, 1.54) is 4.31 Å². The fourth-order valence-electron chi connectivity index (χ4n) is 2.56. The first-order chi connectivity index (χ1) is 9.82. The van der Waals surface area contributed by atoms with Crippen LogP contribution in [0.5, 0.6) is 0 Å². The lowest BCUT2D eigenvalue weighted by Crippen LogP contribution is -2.27. The standard InChI is InChI=1S/C16H20N2O2S/c1-12-8-13(2)16(14(3)9-12)21(19,20)18(4)11-15-6-5-7-17-10-15/h5-10H,11H2,1-4H3. The molecule has 0 unspecified atom stereocenters. The van der Waals surface area contributed by atoms with Crippen LogP contribution >= 0.6 is 0 Å². The molecule has 112 valence electrons. The van der Waals surface area contributed by atoms with Crippen molar-refractivity contribution in [1.82, 2.24) is 9.29 Å². The molecular weight excluding hydrogens is 284 g/mol. The van der Waals surface area contributed by atoms with Gasteiger partial charge in [0.25, 0.3) is 0 Å². The number of aryl methyl sites for hydroxylation is 3. The van der Waals surface area contributed by atoms with Gasteiger partial charge in [-0.3, -0.25) is 4.98 Å². The average molecular weight is 304 g/mol. The van der Waals surface area contributed by atoms with Crippen LogP contribution in [-0.2, 0) is 16.6 Å². The number of rotatable bonds is 4. The van der Waals surface area contributed by atoms with E-state index in [9.17, 15) is 8.42 Å². The Bertz CT molecular complexity index is 717. The van der Waals surface area contributed by atoms with Crippen LogP contribution in [0.4, 0.5) is 0 Å². The average Bonchev–Trinajstić information content (AvgIpc) is 2.38. The molecule has 0 amide bonds. The first kappa shape index (κ1) is 15.7. The normalized spacial score (nSPS) is 11.9. The molecule has 21 heavy (non-hydrogen) atoms. The summed E-state index contributed by atoms with van der Waals surface area (Å²) >= 11 is 0. The number of benzene rings is 1.